The topological polar surface area (TPSA) is 48.5 Å². The highest BCUT2D eigenvalue weighted by Crippen LogP contribution is 2.23. The Labute approximate surface area is 130 Å². The van der Waals surface area contributed by atoms with Crippen LogP contribution in [0, 0.1) is 6.92 Å². The van der Waals surface area contributed by atoms with Gasteiger partial charge in [-0.15, -0.1) is 0 Å². The van der Waals surface area contributed by atoms with E-state index in [-0.39, 0.29) is 6.03 Å². The van der Waals surface area contributed by atoms with Crippen LogP contribution in [0.1, 0.15) is 12.0 Å². The van der Waals surface area contributed by atoms with Crippen LogP contribution in [0.2, 0.25) is 0 Å². The van der Waals surface area contributed by atoms with Crippen LogP contribution in [0.15, 0.2) is 30.5 Å². The number of nitrogens with zero attached hydrogens (tertiary/aromatic N) is 3. The van der Waals surface area contributed by atoms with Gasteiger partial charge in [0.25, 0.3) is 0 Å². The molecule has 0 saturated carbocycles. The molecule has 0 atom stereocenters. The first kappa shape index (κ1) is 14.8. The minimum absolute atomic E-state index is 0.0344. The predicted octanol–water partition coefficient (Wildman–Crippen LogP) is 2.71. The zero-order valence-electron chi connectivity index (χ0n) is 13.2. The van der Waals surface area contributed by atoms with Crippen molar-refractivity contribution < 1.29 is 4.79 Å². The molecule has 2 heterocycles. The number of benzene rings is 1. The number of hydrogen-bond acceptors (Lipinski definition) is 3. The lowest BCUT2D eigenvalue weighted by atomic mass is 10.1. The Hall–Kier alpha value is -2.14. The van der Waals surface area contributed by atoms with Crippen molar-refractivity contribution in [1.82, 2.24) is 14.8 Å². The Morgan fingerprint density at radius 1 is 1.23 bits per heavy atom. The number of nitrogens with one attached hydrogen (secondary N) is 1. The quantitative estimate of drug-likeness (QED) is 0.880. The van der Waals surface area contributed by atoms with Gasteiger partial charge in [0.2, 0.25) is 0 Å². The normalized spacial score (nSPS) is 16.5. The van der Waals surface area contributed by atoms with E-state index in [4.69, 9.17) is 0 Å². The van der Waals surface area contributed by atoms with Crippen molar-refractivity contribution in [2.24, 2.45) is 0 Å². The molecule has 0 radical (unpaired) electrons. The zero-order chi connectivity index (χ0) is 15.5. The van der Waals surface area contributed by atoms with E-state index in [0.29, 0.717) is 0 Å². The number of rotatable bonds is 1. The van der Waals surface area contributed by atoms with Crippen LogP contribution in [-0.4, -0.2) is 54.0 Å². The van der Waals surface area contributed by atoms with E-state index in [9.17, 15) is 4.79 Å². The molecule has 2 amide bonds. The number of aryl methyl sites for hydroxylation is 1. The number of anilines is 1. The zero-order valence-corrected chi connectivity index (χ0v) is 13.2. The second-order valence-electron chi connectivity index (χ2n) is 5.96. The largest absolute Gasteiger partial charge is 0.323 e. The lowest BCUT2D eigenvalue weighted by molar-refractivity contribution is 0.213. The highest BCUT2D eigenvalue weighted by atomic mass is 16.2. The van der Waals surface area contributed by atoms with E-state index in [0.717, 1.165) is 54.8 Å². The molecule has 3 rings (SSSR count). The van der Waals surface area contributed by atoms with Gasteiger partial charge in [0, 0.05) is 31.2 Å². The summed E-state index contributed by atoms with van der Waals surface area (Å²) in [6.07, 6.45) is 2.77. The number of hydrogen-bond donors (Lipinski definition) is 1. The number of likely N-dealkylation sites (N-methyl/N-ethyl adjacent to an activating group) is 1. The van der Waals surface area contributed by atoms with Gasteiger partial charge in [-0.2, -0.15) is 0 Å². The Bertz CT molecular complexity index is 685. The molecule has 5 nitrogen and oxygen atoms in total. The second kappa shape index (κ2) is 6.32. The highest BCUT2D eigenvalue weighted by Gasteiger charge is 2.18. The first-order valence-corrected chi connectivity index (χ1v) is 7.73. The van der Waals surface area contributed by atoms with Crippen molar-refractivity contribution in [2.45, 2.75) is 13.3 Å². The van der Waals surface area contributed by atoms with Crippen LogP contribution in [0.3, 0.4) is 0 Å². The Morgan fingerprint density at radius 2 is 2.09 bits per heavy atom. The van der Waals surface area contributed by atoms with E-state index < -0.39 is 0 Å². The molecule has 0 bridgehead atoms. The van der Waals surface area contributed by atoms with Gasteiger partial charge in [-0.25, -0.2) is 4.79 Å². The van der Waals surface area contributed by atoms with Crippen LogP contribution < -0.4 is 5.32 Å². The van der Waals surface area contributed by atoms with Gasteiger partial charge in [0.15, 0.2) is 0 Å². The van der Waals surface area contributed by atoms with Gasteiger partial charge in [-0.05, 0) is 50.7 Å². The summed E-state index contributed by atoms with van der Waals surface area (Å²) in [4.78, 5) is 21.1. The minimum Gasteiger partial charge on any atom is -0.323 e. The van der Waals surface area contributed by atoms with Crippen LogP contribution in [0.4, 0.5) is 10.5 Å². The first-order valence-electron chi connectivity index (χ1n) is 7.73. The molecule has 1 aromatic heterocycles. The van der Waals surface area contributed by atoms with Gasteiger partial charge < -0.3 is 15.1 Å². The SMILES string of the molecule is Cc1cc(NC(=O)N2CCCN(C)CC2)c2ncccc2c1. The second-order valence-corrected chi connectivity index (χ2v) is 5.96. The molecule has 2 aromatic rings. The third kappa shape index (κ3) is 3.20. The lowest BCUT2D eigenvalue weighted by Gasteiger charge is -2.21. The summed E-state index contributed by atoms with van der Waals surface area (Å²) in [5.41, 5.74) is 2.75. The van der Waals surface area contributed by atoms with E-state index in [1.165, 1.54) is 0 Å². The number of amides is 2. The fourth-order valence-corrected chi connectivity index (χ4v) is 2.88. The standard InChI is InChI=1S/C17H22N4O/c1-13-11-14-5-3-6-18-16(14)15(12-13)19-17(22)21-8-4-7-20(2)9-10-21/h3,5-6,11-12H,4,7-10H2,1-2H3,(H,19,22). The molecular weight excluding hydrogens is 276 g/mol. The Morgan fingerprint density at radius 3 is 2.95 bits per heavy atom. The monoisotopic (exact) mass is 298 g/mol. The summed E-state index contributed by atoms with van der Waals surface area (Å²) in [6, 6.07) is 7.97. The molecule has 22 heavy (non-hydrogen) atoms. The van der Waals surface area contributed by atoms with Gasteiger partial charge in [-0.1, -0.05) is 6.07 Å². The molecule has 116 valence electrons. The maximum Gasteiger partial charge on any atom is 0.321 e. The molecule has 0 unspecified atom stereocenters. The average molecular weight is 298 g/mol. The first-order chi connectivity index (χ1) is 10.6. The van der Waals surface area contributed by atoms with Crippen molar-refractivity contribution in [2.75, 3.05) is 38.5 Å². The fraction of sp³-hybridized carbons (Fsp3) is 0.412. The summed E-state index contributed by atoms with van der Waals surface area (Å²) < 4.78 is 0. The molecule has 1 fully saturated rings. The van der Waals surface area contributed by atoms with Crippen molar-refractivity contribution in [3.05, 3.63) is 36.0 Å². The predicted molar refractivity (Wildman–Crippen MR) is 89.2 cm³/mol. The van der Waals surface area contributed by atoms with E-state index >= 15 is 0 Å². The molecular formula is C17H22N4O. The lowest BCUT2D eigenvalue weighted by Crippen LogP contribution is -2.37. The van der Waals surface area contributed by atoms with E-state index in [2.05, 4.69) is 28.3 Å². The van der Waals surface area contributed by atoms with Crippen molar-refractivity contribution >= 4 is 22.6 Å². The number of urea groups is 1. The maximum atomic E-state index is 12.6. The number of carbonyl (C=O) groups is 1. The maximum absolute atomic E-state index is 12.6. The van der Waals surface area contributed by atoms with Gasteiger partial charge in [0.1, 0.15) is 0 Å². The van der Waals surface area contributed by atoms with Crippen LogP contribution >= 0.6 is 0 Å². The molecule has 0 aliphatic carbocycles. The van der Waals surface area contributed by atoms with E-state index in [1.54, 1.807) is 6.20 Å². The van der Waals surface area contributed by atoms with E-state index in [1.807, 2.05) is 30.0 Å². The molecule has 5 heteroatoms. The van der Waals surface area contributed by atoms with Gasteiger partial charge >= 0.3 is 6.03 Å². The third-order valence-electron chi connectivity index (χ3n) is 4.10. The summed E-state index contributed by atoms with van der Waals surface area (Å²) in [5.74, 6) is 0. The van der Waals surface area contributed by atoms with Crippen molar-refractivity contribution in [3.63, 3.8) is 0 Å². The molecule has 1 aromatic carbocycles. The number of fused-ring (bicyclic) bond motifs is 1. The molecule has 0 spiro atoms. The number of pyridine rings is 1. The number of carbonyl (C=O) groups excluding carboxylic acids is 1. The van der Waals surface area contributed by atoms with Crippen LogP contribution in [0.5, 0.6) is 0 Å². The Kier molecular flexibility index (Phi) is 4.24. The number of aromatic nitrogens is 1. The van der Waals surface area contributed by atoms with Crippen molar-refractivity contribution in [3.8, 4) is 0 Å². The highest BCUT2D eigenvalue weighted by molar-refractivity contribution is 6.00. The molecule has 1 aliphatic heterocycles. The minimum atomic E-state index is -0.0344. The summed E-state index contributed by atoms with van der Waals surface area (Å²) >= 11 is 0. The molecule has 1 N–H and O–H groups in total. The van der Waals surface area contributed by atoms with Gasteiger partial charge in [0.05, 0.1) is 11.2 Å². The average Bonchev–Trinajstić information content (AvgIpc) is 2.72. The molecule has 1 saturated heterocycles. The summed E-state index contributed by atoms with van der Waals surface area (Å²) in [5, 5.41) is 4.09. The van der Waals surface area contributed by atoms with Crippen LogP contribution in [-0.2, 0) is 0 Å². The third-order valence-corrected chi connectivity index (χ3v) is 4.10. The molecule has 1 aliphatic rings. The summed E-state index contributed by atoms with van der Waals surface area (Å²) in [6.45, 7) is 5.55. The van der Waals surface area contributed by atoms with Crippen LogP contribution in [0.25, 0.3) is 10.9 Å². The fourth-order valence-electron chi connectivity index (χ4n) is 2.88. The summed E-state index contributed by atoms with van der Waals surface area (Å²) in [7, 11) is 2.10. The smallest absolute Gasteiger partial charge is 0.321 e. The van der Waals surface area contributed by atoms with Crippen molar-refractivity contribution in [1.29, 1.82) is 0 Å². The Balaban J connectivity index is 1.82. The van der Waals surface area contributed by atoms with Gasteiger partial charge in [-0.3, -0.25) is 4.98 Å².